The van der Waals surface area contributed by atoms with E-state index >= 15 is 0 Å². The molecule has 5 rings (SSSR count). The van der Waals surface area contributed by atoms with Crippen LogP contribution in [0.2, 0.25) is 16.6 Å². The van der Waals surface area contributed by atoms with Crippen LogP contribution in [-0.4, -0.2) is 69.8 Å². The molecule has 13 heteroatoms. The Morgan fingerprint density at radius 2 is 1.31 bits per heavy atom. The van der Waals surface area contributed by atoms with Crippen molar-refractivity contribution in [3.05, 3.63) is 129 Å². The van der Waals surface area contributed by atoms with Gasteiger partial charge in [0.25, 0.3) is 5.56 Å². The predicted octanol–water partition coefficient (Wildman–Crippen LogP) is 6.93. The molecule has 296 valence electrons. The summed E-state index contributed by atoms with van der Waals surface area (Å²) in [5.74, 6) is 0.771. The lowest BCUT2D eigenvalue weighted by molar-refractivity contribution is -0.162. The SMILES string of the molecule is COc1ccc(C(OC[C@H]2O[C@@H](n3ccc(=O)[nH]c3=O)[C@H](OCO[Si](C(C)C)(C(C)C)C(C)C)[C@@H]2OC(C)=O)(c2ccccc2)c2ccc(OC)cc2)cc1. The standard InChI is InChI=1S/C42H54N2O10Si/c1-27(2)55(28(3)4,29(5)6)52-26-50-39-38(53-30(7)45)36(54-40(39)44-24-23-37(46)43-41(44)47)25-51-42(31-13-11-10-12-14-31,32-15-19-34(48-8)20-16-32)33-17-21-35(49-9)22-18-33/h10-24,27-29,36,38-40H,25-26H2,1-9H3,(H,43,46,47)/t36-,38-,39-,40-/m1/s1. The van der Waals surface area contributed by atoms with E-state index in [0.717, 1.165) is 16.7 Å². The van der Waals surface area contributed by atoms with Crippen LogP contribution >= 0.6 is 0 Å². The van der Waals surface area contributed by atoms with E-state index in [2.05, 4.69) is 46.5 Å². The van der Waals surface area contributed by atoms with E-state index in [1.807, 2.05) is 78.9 Å². The second-order valence-corrected chi connectivity index (χ2v) is 20.1. The zero-order valence-corrected chi connectivity index (χ0v) is 34.1. The molecule has 12 nitrogen and oxygen atoms in total. The van der Waals surface area contributed by atoms with Crippen molar-refractivity contribution in [1.29, 1.82) is 0 Å². The number of nitrogens with one attached hydrogen (secondary N) is 1. The Labute approximate surface area is 323 Å². The Morgan fingerprint density at radius 1 is 0.782 bits per heavy atom. The summed E-state index contributed by atoms with van der Waals surface area (Å²) in [5, 5.41) is 0. The Kier molecular flexibility index (Phi) is 13.6. The van der Waals surface area contributed by atoms with Crippen LogP contribution in [0.4, 0.5) is 0 Å². The lowest BCUT2D eigenvalue weighted by atomic mass is 9.80. The van der Waals surface area contributed by atoms with Gasteiger partial charge >= 0.3 is 11.7 Å². The molecule has 0 unspecified atom stereocenters. The summed E-state index contributed by atoms with van der Waals surface area (Å²) >= 11 is 0. The number of benzene rings is 3. The average molecular weight is 775 g/mol. The molecule has 1 fully saturated rings. The van der Waals surface area contributed by atoms with E-state index < -0.39 is 55.7 Å². The number of esters is 1. The van der Waals surface area contributed by atoms with Gasteiger partial charge in [-0.15, -0.1) is 0 Å². The molecule has 4 aromatic rings. The molecule has 3 aromatic carbocycles. The van der Waals surface area contributed by atoms with Crippen LogP contribution in [0.5, 0.6) is 11.5 Å². The number of rotatable bonds is 17. The molecule has 0 aliphatic carbocycles. The van der Waals surface area contributed by atoms with E-state index in [0.29, 0.717) is 11.5 Å². The third-order valence-electron chi connectivity index (χ3n) is 10.6. The Bertz CT molecular complexity index is 1890. The molecule has 0 amide bonds. The second kappa shape index (κ2) is 17.9. The van der Waals surface area contributed by atoms with Gasteiger partial charge in [-0.1, -0.05) is 96.1 Å². The quantitative estimate of drug-likeness (QED) is 0.0521. The summed E-state index contributed by atoms with van der Waals surface area (Å²) in [7, 11) is 0.826. The largest absolute Gasteiger partial charge is 0.497 e. The third kappa shape index (κ3) is 8.66. The van der Waals surface area contributed by atoms with Crippen LogP contribution in [0, 0.1) is 0 Å². The first kappa shape index (κ1) is 41.6. The number of hydrogen-bond acceptors (Lipinski definition) is 10. The van der Waals surface area contributed by atoms with Gasteiger partial charge in [0.15, 0.2) is 12.3 Å². The lowest BCUT2D eigenvalue weighted by Crippen LogP contribution is -2.49. The molecule has 0 bridgehead atoms. The summed E-state index contributed by atoms with van der Waals surface area (Å²) in [6, 6.07) is 26.2. The maximum absolute atomic E-state index is 13.3. The van der Waals surface area contributed by atoms with Gasteiger partial charge in [0.1, 0.15) is 36.1 Å². The van der Waals surface area contributed by atoms with Crippen LogP contribution in [0.3, 0.4) is 0 Å². The summed E-state index contributed by atoms with van der Waals surface area (Å²) in [6.07, 6.45) is -2.78. The van der Waals surface area contributed by atoms with Crippen molar-refractivity contribution in [1.82, 2.24) is 9.55 Å². The van der Waals surface area contributed by atoms with Gasteiger partial charge in [-0.05, 0) is 57.6 Å². The highest BCUT2D eigenvalue weighted by atomic mass is 28.4. The molecule has 0 radical (unpaired) electrons. The number of hydrogen-bond donors (Lipinski definition) is 1. The highest BCUT2D eigenvalue weighted by molar-refractivity contribution is 6.77. The minimum atomic E-state index is -2.39. The van der Waals surface area contributed by atoms with Crippen LogP contribution < -0.4 is 20.7 Å². The van der Waals surface area contributed by atoms with E-state index in [1.54, 1.807) is 14.2 Å². The first-order valence-electron chi connectivity index (χ1n) is 18.7. The maximum Gasteiger partial charge on any atom is 0.330 e. The molecule has 1 aliphatic heterocycles. The predicted molar refractivity (Wildman–Crippen MR) is 211 cm³/mol. The van der Waals surface area contributed by atoms with Crippen molar-refractivity contribution in [2.24, 2.45) is 0 Å². The Morgan fingerprint density at radius 3 is 1.78 bits per heavy atom. The van der Waals surface area contributed by atoms with E-state index in [1.165, 1.54) is 23.8 Å². The molecule has 2 heterocycles. The molecule has 1 aromatic heterocycles. The number of aromatic amines is 1. The van der Waals surface area contributed by atoms with Crippen molar-refractivity contribution in [2.75, 3.05) is 27.6 Å². The number of methoxy groups -OCH3 is 2. The first-order valence-corrected chi connectivity index (χ1v) is 20.8. The summed E-state index contributed by atoms with van der Waals surface area (Å²) in [5.41, 5.74) is 0.748. The highest BCUT2D eigenvalue weighted by Crippen LogP contribution is 2.45. The molecule has 0 saturated carbocycles. The molecule has 1 saturated heterocycles. The number of aromatic nitrogens is 2. The highest BCUT2D eigenvalue weighted by Gasteiger charge is 2.52. The topological polar surface area (TPSA) is 137 Å². The summed E-state index contributed by atoms with van der Waals surface area (Å²) in [4.78, 5) is 40.5. The second-order valence-electron chi connectivity index (χ2n) is 14.7. The fourth-order valence-electron chi connectivity index (χ4n) is 8.20. The van der Waals surface area contributed by atoms with Crippen LogP contribution in [0.15, 0.2) is 101 Å². The van der Waals surface area contributed by atoms with Gasteiger partial charge in [-0.25, -0.2) is 4.79 Å². The Hall–Kier alpha value is -4.53. The number of H-pyrrole nitrogens is 1. The normalized spacial score (nSPS) is 18.9. The van der Waals surface area contributed by atoms with Crippen molar-refractivity contribution >= 4 is 14.3 Å². The monoisotopic (exact) mass is 774 g/mol. The van der Waals surface area contributed by atoms with Gasteiger partial charge < -0.3 is 32.8 Å². The minimum absolute atomic E-state index is 0.122. The first-order chi connectivity index (χ1) is 26.3. The fraction of sp³-hybridized carbons (Fsp3) is 0.452. The summed E-state index contributed by atoms with van der Waals surface area (Å²) in [6.45, 7) is 14.1. The van der Waals surface area contributed by atoms with Gasteiger partial charge in [0.2, 0.25) is 8.32 Å². The molecule has 4 atom stereocenters. The lowest BCUT2D eigenvalue weighted by Gasteiger charge is -2.42. The van der Waals surface area contributed by atoms with Crippen molar-refractivity contribution in [2.45, 2.75) is 95.2 Å². The molecular formula is C42H54N2O10Si. The van der Waals surface area contributed by atoms with Crippen molar-refractivity contribution in [3.8, 4) is 11.5 Å². The zero-order valence-electron chi connectivity index (χ0n) is 33.1. The summed E-state index contributed by atoms with van der Waals surface area (Å²) < 4.78 is 45.2. The van der Waals surface area contributed by atoms with Crippen LogP contribution in [0.25, 0.3) is 0 Å². The molecule has 1 aliphatic rings. The number of carbonyl (C=O) groups is 1. The van der Waals surface area contributed by atoms with Crippen molar-refractivity contribution in [3.63, 3.8) is 0 Å². The molecular weight excluding hydrogens is 721 g/mol. The number of ether oxygens (including phenoxy) is 6. The average Bonchev–Trinajstić information content (AvgIpc) is 3.49. The Balaban J connectivity index is 1.60. The van der Waals surface area contributed by atoms with E-state index in [9.17, 15) is 14.4 Å². The van der Waals surface area contributed by atoms with Crippen LogP contribution in [-0.2, 0) is 33.8 Å². The van der Waals surface area contributed by atoms with Crippen molar-refractivity contribution < 1.29 is 37.6 Å². The van der Waals surface area contributed by atoms with Crippen LogP contribution in [0.1, 0.15) is 71.4 Å². The van der Waals surface area contributed by atoms with Gasteiger partial charge in [0, 0.05) is 19.2 Å². The smallest absolute Gasteiger partial charge is 0.330 e. The zero-order chi connectivity index (χ0) is 39.9. The molecule has 1 N–H and O–H groups in total. The number of carbonyl (C=O) groups excluding carboxylic acids is 1. The van der Waals surface area contributed by atoms with E-state index in [-0.39, 0.29) is 30.0 Å². The molecule has 55 heavy (non-hydrogen) atoms. The fourth-order valence-corrected chi connectivity index (χ4v) is 13.5. The van der Waals surface area contributed by atoms with Gasteiger partial charge in [-0.2, -0.15) is 0 Å². The van der Waals surface area contributed by atoms with Gasteiger partial charge in [0.05, 0.1) is 20.8 Å². The third-order valence-corrected chi connectivity index (χ3v) is 16.7. The minimum Gasteiger partial charge on any atom is -0.497 e. The maximum atomic E-state index is 13.3. The number of nitrogens with zero attached hydrogens (tertiary/aromatic N) is 1. The van der Waals surface area contributed by atoms with Gasteiger partial charge in [-0.3, -0.25) is 19.1 Å². The molecule has 0 spiro atoms. The van der Waals surface area contributed by atoms with E-state index in [4.69, 9.17) is 32.8 Å².